The molecule has 76 valence electrons. The standard InChI is InChI=1S/C12H16OS/c1-10(9-13)3-4-11-5-7-12(14-2)8-6-11/h5-10H,3-4H2,1-2H3. The average Bonchev–Trinajstić information content (AvgIpc) is 2.26. The number of benzene rings is 1. The number of carbonyl (C=O) groups is 1. The van der Waals surface area contributed by atoms with E-state index in [0.717, 1.165) is 19.1 Å². The second-order valence-corrected chi connectivity index (χ2v) is 4.38. The summed E-state index contributed by atoms with van der Waals surface area (Å²) in [5.74, 6) is 0.176. The summed E-state index contributed by atoms with van der Waals surface area (Å²) < 4.78 is 0. The predicted octanol–water partition coefficient (Wildman–Crippen LogP) is 3.18. The first-order valence-electron chi connectivity index (χ1n) is 4.84. The molecule has 0 bridgehead atoms. The van der Waals surface area contributed by atoms with Crippen molar-refractivity contribution in [2.24, 2.45) is 5.92 Å². The van der Waals surface area contributed by atoms with Gasteiger partial charge in [0, 0.05) is 10.8 Å². The number of hydrogen-bond donors (Lipinski definition) is 0. The van der Waals surface area contributed by atoms with Crippen LogP contribution in [0.1, 0.15) is 18.9 Å². The molecular weight excluding hydrogens is 192 g/mol. The van der Waals surface area contributed by atoms with E-state index in [9.17, 15) is 4.79 Å². The molecule has 0 amide bonds. The van der Waals surface area contributed by atoms with Gasteiger partial charge in [0.05, 0.1) is 0 Å². The number of aldehydes is 1. The van der Waals surface area contributed by atoms with Crippen LogP contribution in [-0.2, 0) is 11.2 Å². The summed E-state index contributed by atoms with van der Waals surface area (Å²) in [7, 11) is 0. The average molecular weight is 208 g/mol. The highest BCUT2D eigenvalue weighted by Crippen LogP contribution is 2.16. The molecule has 0 fully saturated rings. The Balaban J connectivity index is 2.47. The van der Waals surface area contributed by atoms with E-state index in [1.165, 1.54) is 10.5 Å². The second kappa shape index (κ2) is 5.86. The van der Waals surface area contributed by atoms with Crippen molar-refractivity contribution in [2.45, 2.75) is 24.7 Å². The fourth-order valence-corrected chi connectivity index (χ4v) is 1.66. The quantitative estimate of drug-likeness (QED) is 0.546. The van der Waals surface area contributed by atoms with E-state index in [1.54, 1.807) is 11.8 Å². The molecule has 0 aliphatic rings. The lowest BCUT2D eigenvalue weighted by Gasteiger charge is -2.04. The van der Waals surface area contributed by atoms with E-state index in [0.29, 0.717) is 0 Å². The summed E-state index contributed by atoms with van der Waals surface area (Å²) in [5, 5.41) is 0. The van der Waals surface area contributed by atoms with Gasteiger partial charge in [-0.2, -0.15) is 0 Å². The minimum absolute atomic E-state index is 0.176. The van der Waals surface area contributed by atoms with Crippen molar-refractivity contribution in [1.29, 1.82) is 0 Å². The monoisotopic (exact) mass is 208 g/mol. The predicted molar refractivity (Wildman–Crippen MR) is 61.8 cm³/mol. The number of carbonyl (C=O) groups excluding carboxylic acids is 1. The molecule has 1 nitrogen and oxygen atoms in total. The van der Waals surface area contributed by atoms with Gasteiger partial charge in [-0.25, -0.2) is 0 Å². The number of aryl methyl sites for hydroxylation is 1. The first-order chi connectivity index (χ1) is 6.76. The van der Waals surface area contributed by atoms with E-state index < -0.39 is 0 Å². The number of rotatable bonds is 5. The molecule has 1 aromatic rings. The van der Waals surface area contributed by atoms with Crippen LogP contribution >= 0.6 is 11.8 Å². The van der Waals surface area contributed by atoms with Gasteiger partial charge in [0.25, 0.3) is 0 Å². The molecule has 1 aromatic carbocycles. The van der Waals surface area contributed by atoms with Crippen molar-refractivity contribution in [2.75, 3.05) is 6.26 Å². The van der Waals surface area contributed by atoms with E-state index in [-0.39, 0.29) is 5.92 Å². The van der Waals surface area contributed by atoms with Gasteiger partial charge in [-0.15, -0.1) is 11.8 Å². The Morgan fingerprint density at radius 1 is 1.36 bits per heavy atom. The van der Waals surface area contributed by atoms with Crippen LogP contribution in [0.3, 0.4) is 0 Å². The van der Waals surface area contributed by atoms with Crippen molar-refractivity contribution >= 4 is 18.0 Å². The van der Waals surface area contributed by atoms with Crippen LogP contribution in [0.15, 0.2) is 29.2 Å². The Labute approximate surface area is 89.9 Å². The Bertz CT molecular complexity index is 279. The van der Waals surface area contributed by atoms with Gasteiger partial charge in [-0.3, -0.25) is 0 Å². The van der Waals surface area contributed by atoms with Crippen molar-refractivity contribution < 1.29 is 4.79 Å². The maximum absolute atomic E-state index is 10.4. The molecule has 0 aliphatic carbocycles. The Kier molecular flexibility index (Phi) is 4.74. The second-order valence-electron chi connectivity index (χ2n) is 3.50. The zero-order valence-corrected chi connectivity index (χ0v) is 9.51. The third kappa shape index (κ3) is 3.54. The van der Waals surface area contributed by atoms with Crippen LogP contribution in [0.2, 0.25) is 0 Å². The summed E-state index contributed by atoms with van der Waals surface area (Å²) in [6.07, 6.45) is 5.04. The van der Waals surface area contributed by atoms with E-state index in [2.05, 4.69) is 30.5 Å². The van der Waals surface area contributed by atoms with Crippen molar-refractivity contribution in [3.63, 3.8) is 0 Å². The molecule has 0 aliphatic heterocycles. The molecule has 0 spiro atoms. The van der Waals surface area contributed by atoms with Crippen LogP contribution in [0.5, 0.6) is 0 Å². The third-order valence-corrected chi connectivity index (χ3v) is 3.02. The lowest BCUT2D eigenvalue weighted by atomic mass is 10.0. The van der Waals surface area contributed by atoms with Crippen molar-refractivity contribution in [3.05, 3.63) is 29.8 Å². The first kappa shape index (κ1) is 11.3. The molecule has 14 heavy (non-hydrogen) atoms. The van der Waals surface area contributed by atoms with Gasteiger partial charge in [-0.05, 0) is 36.8 Å². The zero-order chi connectivity index (χ0) is 10.4. The summed E-state index contributed by atoms with van der Waals surface area (Å²) in [6.45, 7) is 1.96. The van der Waals surface area contributed by atoms with E-state index in [1.807, 2.05) is 6.92 Å². The van der Waals surface area contributed by atoms with Crippen molar-refractivity contribution in [1.82, 2.24) is 0 Å². The lowest BCUT2D eigenvalue weighted by molar-refractivity contribution is -0.110. The SMILES string of the molecule is CSc1ccc(CCC(C)C=O)cc1. The van der Waals surface area contributed by atoms with Crippen LogP contribution in [0.4, 0.5) is 0 Å². The maximum atomic E-state index is 10.4. The van der Waals surface area contributed by atoms with Gasteiger partial charge in [-0.1, -0.05) is 19.1 Å². The minimum atomic E-state index is 0.176. The molecule has 0 aromatic heterocycles. The molecule has 0 radical (unpaired) electrons. The smallest absolute Gasteiger partial charge is 0.122 e. The fourth-order valence-electron chi connectivity index (χ4n) is 1.25. The third-order valence-electron chi connectivity index (χ3n) is 2.28. The molecule has 1 atom stereocenters. The van der Waals surface area contributed by atoms with Gasteiger partial charge < -0.3 is 4.79 Å². The molecule has 1 rings (SSSR count). The molecule has 1 unspecified atom stereocenters. The Morgan fingerprint density at radius 2 is 2.00 bits per heavy atom. The summed E-state index contributed by atoms with van der Waals surface area (Å²) in [4.78, 5) is 11.7. The highest BCUT2D eigenvalue weighted by atomic mass is 32.2. The molecule has 0 saturated heterocycles. The molecule has 0 saturated carbocycles. The van der Waals surface area contributed by atoms with E-state index in [4.69, 9.17) is 0 Å². The van der Waals surface area contributed by atoms with Crippen LogP contribution in [0.25, 0.3) is 0 Å². The van der Waals surface area contributed by atoms with Crippen LogP contribution in [0, 0.1) is 5.92 Å². The normalized spacial score (nSPS) is 12.4. The van der Waals surface area contributed by atoms with Gasteiger partial charge in [0.15, 0.2) is 0 Å². The summed E-state index contributed by atoms with van der Waals surface area (Å²) >= 11 is 1.75. The van der Waals surface area contributed by atoms with Gasteiger partial charge in [0.2, 0.25) is 0 Å². The van der Waals surface area contributed by atoms with Crippen molar-refractivity contribution in [3.8, 4) is 0 Å². The van der Waals surface area contributed by atoms with E-state index >= 15 is 0 Å². The minimum Gasteiger partial charge on any atom is -0.303 e. The number of thioether (sulfide) groups is 1. The lowest BCUT2D eigenvalue weighted by Crippen LogP contribution is -1.97. The van der Waals surface area contributed by atoms with Crippen LogP contribution < -0.4 is 0 Å². The molecular formula is C12H16OS. The van der Waals surface area contributed by atoms with Gasteiger partial charge in [0.1, 0.15) is 6.29 Å². The maximum Gasteiger partial charge on any atom is 0.122 e. The highest BCUT2D eigenvalue weighted by molar-refractivity contribution is 7.98. The highest BCUT2D eigenvalue weighted by Gasteiger charge is 2.00. The zero-order valence-electron chi connectivity index (χ0n) is 8.69. The largest absolute Gasteiger partial charge is 0.303 e. The summed E-state index contributed by atoms with van der Waals surface area (Å²) in [5.41, 5.74) is 1.32. The topological polar surface area (TPSA) is 17.1 Å². The first-order valence-corrected chi connectivity index (χ1v) is 6.07. The Morgan fingerprint density at radius 3 is 2.50 bits per heavy atom. The summed E-state index contributed by atoms with van der Waals surface area (Å²) in [6, 6.07) is 8.55. The molecule has 0 heterocycles. The van der Waals surface area contributed by atoms with Crippen LogP contribution in [-0.4, -0.2) is 12.5 Å². The molecule has 2 heteroatoms. The molecule has 0 N–H and O–H groups in total. The van der Waals surface area contributed by atoms with Gasteiger partial charge >= 0.3 is 0 Å². The Hall–Kier alpha value is -0.760. The number of hydrogen-bond acceptors (Lipinski definition) is 2. The fraction of sp³-hybridized carbons (Fsp3) is 0.417.